The van der Waals surface area contributed by atoms with Gasteiger partial charge in [-0.3, -0.25) is 4.79 Å². The summed E-state index contributed by atoms with van der Waals surface area (Å²) in [5, 5.41) is 3.28. The standard InChI is InChI=1S/C14H16ClNO3/c1-9(10-5-6-10)16-13(17)8-19-14(18)11-3-2-4-12(15)7-11/h2-4,7,9-10H,5-6,8H2,1H3,(H,16,17)/t9-/m1/s1. The smallest absolute Gasteiger partial charge is 0.338 e. The summed E-state index contributed by atoms with van der Waals surface area (Å²) in [5.74, 6) is -0.237. The monoisotopic (exact) mass is 281 g/mol. The molecule has 1 saturated carbocycles. The number of esters is 1. The zero-order valence-corrected chi connectivity index (χ0v) is 11.4. The second-order valence-electron chi connectivity index (χ2n) is 4.78. The predicted octanol–water partition coefficient (Wildman–Crippen LogP) is 2.41. The van der Waals surface area contributed by atoms with E-state index < -0.39 is 5.97 Å². The van der Waals surface area contributed by atoms with Gasteiger partial charge in [-0.2, -0.15) is 0 Å². The van der Waals surface area contributed by atoms with Crippen molar-refractivity contribution in [3.05, 3.63) is 34.9 Å². The van der Waals surface area contributed by atoms with Crippen LogP contribution in [0.2, 0.25) is 5.02 Å². The lowest BCUT2D eigenvalue weighted by Crippen LogP contribution is -2.37. The lowest BCUT2D eigenvalue weighted by Gasteiger charge is -2.12. The van der Waals surface area contributed by atoms with Gasteiger partial charge in [0.1, 0.15) is 0 Å². The highest BCUT2D eigenvalue weighted by atomic mass is 35.5. The Hall–Kier alpha value is -1.55. The molecule has 0 aliphatic heterocycles. The van der Waals surface area contributed by atoms with Crippen molar-refractivity contribution in [1.82, 2.24) is 5.32 Å². The van der Waals surface area contributed by atoms with E-state index in [-0.39, 0.29) is 18.6 Å². The van der Waals surface area contributed by atoms with Crippen molar-refractivity contribution >= 4 is 23.5 Å². The summed E-state index contributed by atoms with van der Waals surface area (Å²) in [4.78, 5) is 23.2. The molecular formula is C14H16ClNO3. The zero-order chi connectivity index (χ0) is 13.8. The van der Waals surface area contributed by atoms with Crippen LogP contribution in [0.4, 0.5) is 0 Å². The third-order valence-electron chi connectivity index (χ3n) is 3.11. The van der Waals surface area contributed by atoms with Gasteiger partial charge in [-0.15, -0.1) is 0 Å². The fourth-order valence-electron chi connectivity index (χ4n) is 1.84. The van der Waals surface area contributed by atoms with Gasteiger partial charge in [0.15, 0.2) is 6.61 Å². The number of carbonyl (C=O) groups is 2. The normalized spacial score (nSPS) is 15.7. The molecule has 1 atom stereocenters. The first-order valence-electron chi connectivity index (χ1n) is 6.28. The maximum atomic E-state index is 11.7. The molecule has 0 heterocycles. The average molecular weight is 282 g/mol. The van der Waals surface area contributed by atoms with Gasteiger partial charge in [-0.25, -0.2) is 4.79 Å². The number of amides is 1. The second kappa shape index (κ2) is 6.06. The molecular weight excluding hydrogens is 266 g/mol. The average Bonchev–Trinajstić information content (AvgIpc) is 3.20. The minimum absolute atomic E-state index is 0.150. The molecule has 1 amide bonds. The third-order valence-corrected chi connectivity index (χ3v) is 3.35. The van der Waals surface area contributed by atoms with Crippen molar-refractivity contribution in [2.45, 2.75) is 25.8 Å². The number of benzene rings is 1. The van der Waals surface area contributed by atoms with Crippen LogP contribution in [0.3, 0.4) is 0 Å². The Labute approximate surface area is 117 Å². The first kappa shape index (κ1) is 13.9. The van der Waals surface area contributed by atoms with E-state index in [0.717, 1.165) is 12.8 Å². The molecule has 2 rings (SSSR count). The SMILES string of the molecule is C[C@@H](NC(=O)COC(=O)c1cccc(Cl)c1)C1CC1. The van der Waals surface area contributed by atoms with E-state index in [1.54, 1.807) is 18.2 Å². The van der Waals surface area contributed by atoms with Crippen molar-refractivity contribution in [2.75, 3.05) is 6.61 Å². The quantitative estimate of drug-likeness (QED) is 0.843. The fraction of sp³-hybridized carbons (Fsp3) is 0.429. The van der Waals surface area contributed by atoms with Crippen LogP contribution in [0.1, 0.15) is 30.1 Å². The highest BCUT2D eigenvalue weighted by molar-refractivity contribution is 6.30. The second-order valence-corrected chi connectivity index (χ2v) is 5.22. The van der Waals surface area contributed by atoms with Gasteiger partial charge in [0.2, 0.25) is 0 Å². The van der Waals surface area contributed by atoms with E-state index in [0.29, 0.717) is 16.5 Å². The van der Waals surface area contributed by atoms with E-state index >= 15 is 0 Å². The number of halogens is 1. The number of nitrogens with one attached hydrogen (secondary N) is 1. The molecule has 0 radical (unpaired) electrons. The maximum Gasteiger partial charge on any atom is 0.338 e. The summed E-state index contributed by atoms with van der Waals surface area (Å²) in [5.41, 5.74) is 0.343. The molecule has 1 N–H and O–H groups in total. The molecule has 0 spiro atoms. The van der Waals surface area contributed by atoms with Crippen LogP contribution in [-0.4, -0.2) is 24.5 Å². The van der Waals surface area contributed by atoms with E-state index in [1.807, 2.05) is 6.92 Å². The molecule has 0 saturated heterocycles. The van der Waals surface area contributed by atoms with E-state index in [9.17, 15) is 9.59 Å². The zero-order valence-electron chi connectivity index (χ0n) is 10.7. The molecule has 4 nitrogen and oxygen atoms in total. The summed E-state index contributed by atoms with van der Waals surface area (Å²) >= 11 is 5.78. The Morgan fingerprint density at radius 2 is 2.21 bits per heavy atom. The van der Waals surface area contributed by atoms with Crippen LogP contribution in [-0.2, 0) is 9.53 Å². The van der Waals surface area contributed by atoms with E-state index in [4.69, 9.17) is 16.3 Å². The summed E-state index contributed by atoms with van der Waals surface area (Å²) in [6.07, 6.45) is 2.31. The van der Waals surface area contributed by atoms with Crippen molar-refractivity contribution < 1.29 is 14.3 Å². The van der Waals surface area contributed by atoms with Gasteiger partial charge in [0.05, 0.1) is 5.56 Å². The summed E-state index contributed by atoms with van der Waals surface area (Å²) in [6, 6.07) is 6.58. The number of rotatable bonds is 5. The minimum Gasteiger partial charge on any atom is -0.452 e. The fourth-order valence-corrected chi connectivity index (χ4v) is 2.03. The van der Waals surface area contributed by atoms with Crippen molar-refractivity contribution in [3.63, 3.8) is 0 Å². The Bertz CT molecular complexity index is 485. The topological polar surface area (TPSA) is 55.4 Å². The van der Waals surface area contributed by atoms with Gasteiger partial charge >= 0.3 is 5.97 Å². The lowest BCUT2D eigenvalue weighted by molar-refractivity contribution is -0.124. The predicted molar refractivity (Wildman–Crippen MR) is 72.1 cm³/mol. The summed E-state index contributed by atoms with van der Waals surface area (Å²) < 4.78 is 4.94. The van der Waals surface area contributed by atoms with Crippen LogP contribution in [0.25, 0.3) is 0 Å². The van der Waals surface area contributed by atoms with Crippen molar-refractivity contribution in [2.24, 2.45) is 5.92 Å². The minimum atomic E-state index is -0.545. The van der Waals surface area contributed by atoms with E-state index in [2.05, 4.69) is 5.32 Å². The number of hydrogen-bond donors (Lipinski definition) is 1. The van der Waals surface area contributed by atoms with Gasteiger partial charge in [-0.05, 0) is 43.9 Å². The Kier molecular flexibility index (Phi) is 4.43. The maximum absolute atomic E-state index is 11.7. The molecule has 1 aromatic rings. The molecule has 0 bridgehead atoms. The lowest BCUT2D eigenvalue weighted by atomic mass is 10.2. The van der Waals surface area contributed by atoms with Crippen LogP contribution in [0, 0.1) is 5.92 Å². The summed E-state index contributed by atoms with van der Waals surface area (Å²) in [6.45, 7) is 1.71. The number of ether oxygens (including phenoxy) is 1. The first-order chi connectivity index (χ1) is 9.06. The highest BCUT2D eigenvalue weighted by Gasteiger charge is 2.28. The molecule has 102 valence electrons. The molecule has 1 aromatic carbocycles. The largest absolute Gasteiger partial charge is 0.452 e. The van der Waals surface area contributed by atoms with Crippen LogP contribution in [0.5, 0.6) is 0 Å². The molecule has 5 heteroatoms. The van der Waals surface area contributed by atoms with Crippen LogP contribution in [0.15, 0.2) is 24.3 Å². The number of hydrogen-bond acceptors (Lipinski definition) is 3. The van der Waals surface area contributed by atoms with E-state index in [1.165, 1.54) is 6.07 Å². The molecule has 19 heavy (non-hydrogen) atoms. The molecule has 1 aliphatic rings. The van der Waals surface area contributed by atoms with Gasteiger partial charge in [0, 0.05) is 11.1 Å². The number of carbonyl (C=O) groups excluding carboxylic acids is 2. The van der Waals surface area contributed by atoms with Crippen molar-refractivity contribution in [1.29, 1.82) is 0 Å². The van der Waals surface area contributed by atoms with Gasteiger partial charge in [0.25, 0.3) is 5.91 Å². The Morgan fingerprint density at radius 3 is 2.84 bits per heavy atom. The Balaban J connectivity index is 1.78. The molecule has 1 fully saturated rings. The first-order valence-corrected chi connectivity index (χ1v) is 6.66. The highest BCUT2D eigenvalue weighted by Crippen LogP contribution is 2.32. The molecule has 0 unspecified atom stereocenters. The van der Waals surface area contributed by atoms with Crippen molar-refractivity contribution in [3.8, 4) is 0 Å². The van der Waals surface area contributed by atoms with Gasteiger partial charge in [-0.1, -0.05) is 17.7 Å². The third kappa shape index (κ3) is 4.24. The van der Waals surface area contributed by atoms with Crippen LogP contribution < -0.4 is 5.32 Å². The molecule has 0 aromatic heterocycles. The Morgan fingerprint density at radius 1 is 1.47 bits per heavy atom. The van der Waals surface area contributed by atoms with Gasteiger partial charge < -0.3 is 10.1 Å². The molecule has 1 aliphatic carbocycles. The summed E-state index contributed by atoms with van der Waals surface area (Å²) in [7, 11) is 0. The van der Waals surface area contributed by atoms with Crippen LogP contribution >= 0.6 is 11.6 Å².